The smallest absolute Gasteiger partial charge is 0.498 e. The summed E-state index contributed by atoms with van der Waals surface area (Å²) in [5, 5.41) is 0. The fraction of sp³-hybridized carbons (Fsp3) is 0.667. The molecule has 0 N–H and O–H groups in total. The summed E-state index contributed by atoms with van der Waals surface area (Å²) in [7, 11) is -1.60. The molecule has 0 unspecified atom stereocenters. The first-order chi connectivity index (χ1) is 10.3. The first-order valence-corrected chi connectivity index (χ1v) is 11.3. The summed E-state index contributed by atoms with van der Waals surface area (Å²) >= 11 is 0. The van der Waals surface area contributed by atoms with E-state index in [2.05, 4.69) is 79.8 Å². The van der Waals surface area contributed by atoms with Gasteiger partial charge in [-0.1, -0.05) is 32.9 Å². The van der Waals surface area contributed by atoms with Gasteiger partial charge >= 0.3 is 7.12 Å². The van der Waals surface area contributed by atoms with Crippen molar-refractivity contribution >= 4 is 21.6 Å². The molecule has 1 fully saturated rings. The maximum absolute atomic E-state index is 6.21. The van der Waals surface area contributed by atoms with Gasteiger partial charge in [0.1, 0.15) is 5.75 Å². The fourth-order valence-electron chi connectivity index (χ4n) is 2.52. The largest absolute Gasteiger partial charge is 0.547 e. The Hall–Kier alpha value is -0.778. The second-order valence-electron chi connectivity index (χ2n) is 8.76. The topological polar surface area (TPSA) is 27.7 Å². The van der Waals surface area contributed by atoms with Crippen LogP contribution in [0.2, 0.25) is 13.1 Å². The Bertz CT molecular complexity index is 560. The molecule has 0 bridgehead atoms. The highest BCUT2D eigenvalue weighted by atomic mass is 28.3. The standard InChI is InChI=1S/C18H31BO3Si/c1-16(2,3)13-10-11-14(15(12-13)20-23(8)9)19-21-17(4,5)18(6,7)22-19/h10-12,23H,1-9H3. The zero-order chi connectivity index (χ0) is 17.6. The molecule has 1 aliphatic rings. The Balaban J connectivity index is 2.43. The Morgan fingerprint density at radius 1 is 1.00 bits per heavy atom. The minimum absolute atomic E-state index is 0.0884. The normalized spacial score (nSPS) is 20.2. The Morgan fingerprint density at radius 2 is 1.52 bits per heavy atom. The van der Waals surface area contributed by atoms with Crippen molar-refractivity contribution < 1.29 is 13.7 Å². The van der Waals surface area contributed by atoms with Crippen LogP contribution < -0.4 is 9.89 Å². The molecule has 0 aromatic heterocycles. The summed E-state index contributed by atoms with van der Waals surface area (Å²) in [6.07, 6.45) is 0. The third kappa shape index (κ3) is 3.83. The van der Waals surface area contributed by atoms with Gasteiger partial charge in [-0.2, -0.15) is 0 Å². The van der Waals surface area contributed by atoms with Crippen molar-refractivity contribution in [1.29, 1.82) is 0 Å². The monoisotopic (exact) mass is 334 g/mol. The molecule has 0 spiro atoms. The van der Waals surface area contributed by atoms with Crippen molar-refractivity contribution in [2.24, 2.45) is 0 Å². The molecule has 1 heterocycles. The predicted octanol–water partition coefficient (Wildman–Crippen LogP) is 3.65. The van der Waals surface area contributed by atoms with Crippen molar-refractivity contribution in [3.8, 4) is 5.75 Å². The van der Waals surface area contributed by atoms with Crippen LogP contribution >= 0.6 is 0 Å². The van der Waals surface area contributed by atoms with Crippen LogP contribution in [0.1, 0.15) is 54.0 Å². The van der Waals surface area contributed by atoms with Crippen LogP contribution in [0.4, 0.5) is 0 Å². The molecule has 2 rings (SSSR count). The molecule has 0 radical (unpaired) electrons. The molecule has 0 amide bonds. The summed E-state index contributed by atoms with van der Waals surface area (Å²) in [4.78, 5) is 0. The van der Waals surface area contributed by atoms with Crippen molar-refractivity contribution in [3.63, 3.8) is 0 Å². The Labute approximate surface area is 143 Å². The van der Waals surface area contributed by atoms with Gasteiger partial charge in [0.2, 0.25) is 9.04 Å². The third-order valence-corrected chi connectivity index (χ3v) is 5.47. The maximum atomic E-state index is 6.21. The van der Waals surface area contributed by atoms with Gasteiger partial charge in [0.05, 0.1) is 11.2 Å². The minimum Gasteiger partial charge on any atom is -0.547 e. The van der Waals surface area contributed by atoms with Gasteiger partial charge in [0, 0.05) is 5.46 Å². The zero-order valence-corrected chi connectivity index (χ0v) is 17.3. The second-order valence-corrected chi connectivity index (χ2v) is 11.1. The summed E-state index contributed by atoms with van der Waals surface area (Å²) in [6, 6.07) is 6.43. The van der Waals surface area contributed by atoms with Gasteiger partial charge in [-0.15, -0.1) is 0 Å². The molecule has 0 saturated carbocycles. The molecular weight excluding hydrogens is 303 g/mol. The molecule has 1 saturated heterocycles. The Kier molecular flexibility index (Phi) is 4.79. The fourth-order valence-corrected chi connectivity index (χ4v) is 3.23. The number of hydrogen-bond donors (Lipinski definition) is 0. The maximum Gasteiger partial charge on any atom is 0.498 e. The SMILES string of the molecule is C[SiH](C)Oc1cc(C(C)(C)C)ccc1B1OC(C)(C)C(C)(C)O1. The van der Waals surface area contributed by atoms with Crippen molar-refractivity contribution in [2.75, 3.05) is 0 Å². The lowest BCUT2D eigenvalue weighted by atomic mass is 9.76. The van der Waals surface area contributed by atoms with Crippen molar-refractivity contribution in [1.82, 2.24) is 0 Å². The van der Waals surface area contributed by atoms with E-state index in [0.717, 1.165) is 11.2 Å². The summed E-state index contributed by atoms with van der Waals surface area (Å²) in [5.41, 5.74) is 1.67. The summed E-state index contributed by atoms with van der Waals surface area (Å²) < 4.78 is 18.6. The van der Waals surface area contributed by atoms with E-state index in [0.29, 0.717) is 0 Å². The highest BCUT2D eigenvalue weighted by molar-refractivity contribution is 6.63. The molecule has 23 heavy (non-hydrogen) atoms. The van der Waals surface area contributed by atoms with Gasteiger partial charge < -0.3 is 13.7 Å². The average Bonchev–Trinajstić information content (AvgIpc) is 2.56. The first kappa shape index (κ1) is 18.6. The van der Waals surface area contributed by atoms with Gasteiger partial charge in [-0.25, -0.2) is 0 Å². The highest BCUT2D eigenvalue weighted by Gasteiger charge is 2.52. The molecular formula is C18H31BO3Si. The van der Waals surface area contributed by atoms with Gasteiger partial charge in [-0.05, 0) is 57.8 Å². The van der Waals surface area contributed by atoms with E-state index in [9.17, 15) is 0 Å². The summed E-state index contributed by atoms with van der Waals surface area (Å²) in [5.74, 6) is 0.914. The second kappa shape index (κ2) is 5.94. The lowest BCUT2D eigenvalue weighted by Gasteiger charge is -2.32. The van der Waals surface area contributed by atoms with Crippen LogP contribution in [0.15, 0.2) is 18.2 Å². The van der Waals surface area contributed by atoms with E-state index >= 15 is 0 Å². The van der Waals surface area contributed by atoms with Crippen LogP contribution in [0, 0.1) is 0 Å². The molecule has 0 atom stereocenters. The number of benzene rings is 1. The van der Waals surface area contributed by atoms with Crippen LogP contribution in [0.3, 0.4) is 0 Å². The van der Waals surface area contributed by atoms with E-state index in [1.54, 1.807) is 0 Å². The average molecular weight is 334 g/mol. The van der Waals surface area contributed by atoms with E-state index in [-0.39, 0.29) is 23.7 Å². The predicted molar refractivity (Wildman–Crippen MR) is 100 cm³/mol. The summed E-state index contributed by atoms with van der Waals surface area (Å²) in [6.45, 7) is 19.3. The Morgan fingerprint density at radius 3 is 1.96 bits per heavy atom. The zero-order valence-electron chi connectivity index (χ0n) is 16.1. The van der Waals surface area contributed by atoms with Crippen LogP contribution in [0.25, 0.3) is 0 Å². The molecule has 128 valence electrons. The van der Waals surface area contributed by atoms with Crippen LogP contribution in [0.5, 0.6) is 5.75 Å². The first-order valence-electron chi connectivity index (χ1n) is 8.50. The van der Waals surface area contributed by atoms with Crippen LogP contribution in [-0.4, -0.2) is 27.4 Å². The highest BCUT2D eigenvalue weighted by Crippen LogP contribution is 2.37. The van der Waals surface area contributed by atoms with Gasteiger partial charge in [0.15, 0.2) is 0 Å². The van der Waals surface area contributed by atoms with Crippen molar-refractivity contribution in [3.05, 3.63) is 23.8 Å². The molecule has 0 aliphatic carbocycles. The van der Waals surface area contributed by atoms with E-state index in [1.807, 2.05) is 0 Å². The third-order valence-electron chi connectivity index (χ3n) is 4.75. The minimum atomic E-state index is -1.22. The molecule has 1 aliphatic heterocycles. The van der Waals surface area contributed by atoms with E-state index in [4.69, 9.17) is 13.7 Å². The molecule has 1 aromatic rings. The van der Waals surface area contributed by atoms with E-state index in [1.165, 1.54) is 5.56 Å². The lowest BCUT2D eigenvalue weighted by Crippen LogP contribution is -2.41. The van der Waals surface area contributed by atoms with E-state index < -0.39 is 9.04 Å². The quantitative estimate of drug-likeness (QED) is 0.790. The van der Waals surface area contributed by atoms with Crippen molar-refractivity contribution in [2.45, 2.75) is 78.2 Å². The van der Waals surface area contributed by atoms with Crippen LogP contribution in [-0.2, 0) is 14.7 Å². The molecule has 1 aromatic carbocycles. The number of rotatable bonds is 3. The van der Waals surface area contributed by atoms with Gasteiger partial charge in [-0.3, -0.25) is 0 Å². The molecule has 5 heteroatoms. The lowest BCUT2D eigenvalue weighted by molar-refractivity contribution is 0.00578. The number of hydrogen-bond acceptors (Lipinski definition) is 3. The van der Waals surface area contributed by atoms with Gasteiger partial charge in [0.25, 0.3) is 0 Å². The molecule has 3 nitrogen and oxygen atoms in total.